The summed E-state index contributed by atoms with van der Waals surface area (Å²) in [6.45, 7) is 14.1. The molecule has 1 aliphatic rings. The fraction of sp³-hybridized carbons (Fsp3) is 0.321. The summed E-state index contributed by atoms with van der Waals surface area (Å²) in [5, 5.41) is 3.02. The van der Waals surface area contributed by atoms with Crippen molar-refractivity contribution in [2.24, 2.45) is 0 Å². The zero-order valence-electron chi connectivity index (χ0n) is 20.6. The van der Waals surface area contributed by atoms with Gasteiger partial charge in [0.1, 0.15) is 8.07 Å². The van der Waals surface area contributed by atoms with Gasteiger partial charge < -0.3 is 22.3 Å². The van der Waals surface area contributed by atoms with E-state index in [2.05, 4.69) is 108 Å². The van der Waals surface area contributed by atoms with Gasteiger partial charge in [0.05, 0.1) is 0 Å². The molecular formula is C28H40SiTi. The predicted octanol–water partition coefficient (Wildman–Crippen LogP) is 7.26. The monoisotopic (exact) mass is 452 g/mol. The fourth-order valence-corrected chi connectivity index (χ4v) is 12.0. The molecular weight excluding hydrogens is 412 g/mol. The molecule has 0 saturated carbocycles. The predicted molar refractivity (Wildman–Crippen MR) is 136 cm³/mol. The van der Waals surface area contributed by atoms with E-state index in [1.807, 2.05) is 0 Å². The van der Waals surface area contributed by atoms with Gasteiger partial charge in [-0.1, -0.05) is 117 Å². The first kappa shape index (κ1) is 31.0. The van der Waals surface area contributed by atoms with Crippen LogP contribution in [0.4, 0.5) is 0 Å². The molecule has 0 spiro atoms. The third-order valence-corrected chi connectivity index (χ3v) is 13.4. The molecule has 160 valence electrons. The Bertz CT molecular complexity index is 796. The van der Waals surface area contributed by atoms with Crippen molar-refractivity contribution < 1.29 is 21.7 Å². The third-order valence-electron chi connectivity index (χ3n) is 6.91. The molecule has 2 aromatic carbocycles. The second kappa shape index (κ2) is 12.0. The van der Waals surface area contributed by atoms with Crippen LogP contribution in [0, 0.1) is 28.4 Å². The van der Waals surface area contributed by atoms with E-state index in [9.17, 15) is 0 Å². The fourth-order valence-electron chi connectivity index (χ4n) is 5.13. The van der Waals surface area contributed by atoms with Crippen molar-refractivity contribution in [3.63, 3.8) is 0 Å². The van der Waals surface area contributed by atoms with Gasteiger partial charge in [0.15, 0.2) is 0 Å². The van der Waals surface area contributed by atoms with Crippen LogP contribution in [0.5, 0.6) is 0 Å². The van der Waals surface area contributed by atoms with Crippen LogP contribution in [0.1, 0.15) is 48.0 Å². The van der Waals surface area contributed by atoms with Gasteiger partial charge in [0.25, 0.3) is 0 Å². The standard InChI is InChI=1S/C25H31Si.3CH3.Ti/c1-7-20(3)26(23-14-10-8-11-15-23,24-16-12-9-13-17-24)25(6)18-19(2)21(4)22(25)5;;;;/h8-17,20H,7H2,1-6H3;3*1H3;/q4*-1;+4. The summed E-state index contributed by atoms with van der Waals surface area (Å²) < 4.78 is 0. The molecule has 3 rings (SSSR count). The molecule has 0 aromatic heterocycles. The summed E-state index contributed by atoms with van der Waals surface area (Å²) in [7, 11) is -2.18. The van der Waals surface area contributed by atoms with E-state index < -0.39 is 8.07 Å². The molecule has 0 aliphatic heterocycles. The van der Waals surface area contributed by atoms with Gasteiger partial charge in [-0.3, -0.25) is 6.08 Å². The normalized spacial score (nSPS) is 18.8. The van der Waals surface area contributed by atoms with E-state index in [1.54, 1.807) is 0 Å². The van der Waals surface area contributed by atoms with Gasteiger partial charge >= 0.3 is 21.7 Å². The summed E-state index contributed by atoms with van der Waals surface area (Å²) in [4.78, 5) is 0. The molecule has 0 fully saturated rings. The minimum absolute atomic E-state index is 0. The quantitative estimate of drug-likeness (QED) is 0.331. The second-order valence-electron chi connectivity index (χ2n) is 7.97. The van der Waals surface area contributed by atoms with Crippen molar-refractivity contribution in [1.82, 2.24) is 0 Å². The Labute approximate surface area is 203 Å². The molecule has 0 saturated heterocycles. The van der Waals surface area contributed by atoms with Crippen LogP contribution in [0.15, 0.2) is 77.4 Å². The Kier molecular flexibility index (Phi) is 12.4. The summed E-state index contributed by atoms with van der Waals surface area (Å²) in [6.07, 6.45) is 5.17. The van der Waals surface area contributed by atoms with Crippen molar-refractivity contribution in [1.29, 1.82) is 0 Å². The molecule has 0 radical (unpaired) electrons. The summed E-state index contributed by atoms with van der Waals surface area (Å²) >= 11 is 0. The summed E-state index contributed by atoms with van der Waals surface area (Å²) in [6, 6.07) is 22.6. The molecule has 0 N–H and O–H groups in total. The average Bonchev–Trinajstić information content (AvgIpc) is 2.87. The zero-order valence-corrected chi connectivity index (χ0v) is 23.1. The van der Waals surface area contributed by atoms with Crippen molar-refractivity contribution >= 4 is 18.4 Å². The number of hydrogen-bond acceptors (Lipinski definition) is 0. The van der Waals surface area contributed by atoms with Crippen LogP contribution in [0.2, 0.25) is 10.6 Å². The molecule has 0 heterocycles. The second-order valence-corrected chi connectivity index (χ2v) is 12.7. The third kappa shape index (κ3) is 4.54. The first-order valence-corrected chi connectivity index (χ1v) is 11.9. The number of hydrogen-bond donors (Lipinski definition) is 0. The first-order chi connectivity index (χ1) is 12.4. The van der Waals surface area contributed by atoms with Crippen LogP contribution < -0.4 is 10.4 Å². The van der Waals surface area contributed by atoms with Crippen molar-refractivity contribution in [3.05, 3.63) is 106 Å². The molecule has 0 amide bonds. The molecule has 0 nitrogen and oxygen atoms in total. The minimum atomic E-state index is -2.18. The van der Waals surface area contributed by atoms with E-state index in [0.29, 0.717) is 5.54 Å². The Balaban J connectivity index is 0. The largest absolute Gasteiger partial charge is 4.00 e. The van der Waals surface area contributed by atoms with Crippen molar-refractivity contribution in [2.75, 3.05) is 0 Å². The Morgan fingerprint density at radius 3 is 1.53 bits per heavy atom. The van der Waals surface area contributed by atoms with E-state index in [1.165, 1.54) is 33.5 Å². The molecule has 30 heavy (non-hydrogen) atoms. The molecule has 2 heteroatoms. The van der Waals surface area contributed by atoms with E-state index in [0.717, 1.165) is 0 Å². The van der Waals surface area contributed by atoms with Gasteiger partial charge in [-0.2, -0.15) is 11.1 Å². The SMILES string of the molecule is CCC(C)[Si](c1ccccc1)(c1ccccc1)C1(C)[C-]=C(C)C(C)=C1C.[CH3-].[CH3-].[CH3-].[Ti+4]. The van der Waals surface area contributed by atoms with Gasteiger partial charge in [-0.15, -0.1) is 6.92 Å². The molecule has 0 bridgehead atoms. The maximum atomic E-state index is 3.99. The van der Waals surface area contributed by atoms with Crippen LogP contribution in [-0.2, 0) is 21.7 Å². The first-order valence-electron chi connectivity index (χ1n) is 9.80. The van der Waals surface area contributed by atoms with Gasteiger partial charge in [-0.25, -0.2) is 5.57 Å². The van der Waals surface area contributed by atoms with Crippen LogP contribution in [0.3, 0.4) is 0 Å². The van der Waals surface area contributed by atoms with Crippen LogP contribution >= 0.6 is 0 Å². The summed E-state index contributed by atoms with van der Waals surface area (Å²) in [5.74, 6) is 0. The molecule has 2 aromatic rings. The molecule has 2 atom stereocenters. The summed E-state index contributed by atoms with van der Waals surface area (Å²) in [5.41, 5.74) is 4.88. The Morgan fingerprint density at radius 2 is 1.23 bits per heavy atom. The maximum Gasteiger partial charge on any atom is 4.00 e. The zero-order chi connectivity index (χ0) is 18.9. The van der Waals surface area contributed by atoms with Crippen LogP contribution in [0.25, 0.3) is 0 Å². The Morgan fingerprint density at radius 1 is 0.833 bits per heavy atom. The van der Waals surface area contributed by atoms with Crippen molar-refractivity contribution in [2.45, 2.75) is 58.5 Å². The molecule has 1 aliphatic carbocycles. The van der Waals surface area contributed by atoms with E-state index in [-0.39, 0.29) is 49.0 Å². The Hall–Kier alpha value is -1.15. The number of benzene rings is 2. The topological polar surface area (TPSA) is 0 Å². The van der Waals surface area contributed by atoms with Gasteiger partial charge in [-0.05, 0) is 5.54 Å². The van der Waals surface area contributed by atoms with Crippen molar-refractivity contribution in [3.8, 4) is 0 Å². The van der Waals surface area contributed by atoms with Gasteiger partial charge in [0, 0.05) is 0 Å². The van der Waals surface area contributed by atoms with E-state index >= 15 is 0 Å². The van der Waals surface area contributed by atoms with Gasteiger partial charge in [0.2, 0.25) is 0 Å². The smallest absolute Gasteiger partial charge is 0.358 e. The average molecular weight is 453 g/mol. The number of allylic oxidation sites excluding steroid dienone is 4. The molecule has 2 unspecified atom stereocenters. The number of rotatable bonds is 5. The maximum absolute atomic E-state index is 3.99. The minimum Gasteiger partial charge on any atom is -0.358 e. The van der Waals surface area contributed by atoms with Crippen LogP contribution in [-0.4, -0.2) is 8.07 Å². The van der Waals surface area contributed by atoms with E-state index in [4.69, 9.17) is 0 Å².